The Balaban J connectivity index is 1.57. The highest BCUT2D eigenvalue weighted by molar-refractivity contribution is 6.30. The van der Waals surface area contributed by atoms with Gasteiger partial charge >= 0.3 is 0 Å². The van der Waals surface area contributed by atoms with E-state index in [-0.39, 0.29) is 5.91 Å². The summed E-state index contributed by atoms with van der Waals surface area (Å²) in [4.78, 5) is 12.7. The van der Waals surface area contributed by atoms with Gasteiger partial charge in [-0.25, -0.2) is 0 Å². The Bertz CT molecular complexity index is 925. The number of aromatic nitrogens is 2. The summed E-state index contributed by atoms with van der Waals surface area (Å²) in [5.74, 6) is -0.193. The van der Waals surface area contributed by atoms with Crippen molar-refractivity contribution in [1.29, 1.82) is 0 Å². The topological polar surface area (TPSA) is 76.2 Å². The van der Waals surface area contributed by atoms with Crippen molar-refractivity contribution in [3.8, 4) is 11.3 Å². The van der Waals surface area contributed by atoms with Crippen molar-refractivity contribution in [3.63, 3.8) is 0 Å². The van der Waals surface area contributed by atoms with Crippen LogP contribution in [0, 0.1) is 0 Å². The Hall–Kier alpha value is -2.67. The number of nitrogens with one attached hydrogen (secondary N) is 2. The Morgan fingerprint density at radius 2 is 1.86 bits per heavy atom. The predicted molar refractivity (Wildman–Crippen MR) is 113 cm³/mol. The molecule has 2 aromatic carbocycles. The number of amides is 1. The van der Waals surface area contributed by atoms with Crippen LogP contribution in [0.5, 0.6) is 0 Å². The van der Waals surface area contributed by atoms with Crippen LogP contribution in [0.3, 0.4) is 0 Å². The van der Waals surface area contributed by atoms with E-state index in [1.54, 1.807) is 12.1 Å². The van der Waals surface area contributed by atoms with E-state index in [9.17, 15) is 4.79 Å². The normalized spacial score (nSPS) is 10.8. The van der Waals surface area contributed by atoms with Gasteiger partial charge in [-0.15, -0.1) is 0 Å². The van der Waals surface area contributed by atoms with E-state index in [0.717, 1.165) is 16.7 Å². The molecule has 1 amide bonds. The van der Waals surface area contributed by atoms with Gasteiger partial charge in [-0.1, -0.05) is 48.0 Å². The number of carbonyl (C=O) groups is 1. The SMILES string of the molecule is CCOCCOCc1cccc(CNC(=O)c2cn[nH]c2-c2ccc(Cl)cc2)c1. The summed E-state index contributed by atoms with van der Waals surface area (Å²) in [6.07, 6.45) is 1.53. The molecule has 0 fully saturated rings. The van der Waals surface area contributed by atoms with Gasteiger partial charge in [0.15, 0.2) is 0 Å². The lowest BCUT2D eigenvalue weighted by molar-refractivity contribution is 0.0453. The number of H-pyrrole nitrogens is 1. The lowest BCUT2D eigenvalue weighted by Crippen LogP contribution is -2.23. The van der Waals surface area contributed by atoms with E-state index >= 15 is 0 Å². The Labute approximate surface area is 175 Å². The zero-order valence-corrected chi connectivity index (χ0v) is 17.0. The first-order chi connectivity index (χ1) is 14.2. The maximum absolute atomic E-state index is 12.7. The highest BCUT2D eigenvalue weighted by Gasteiger charge is 2.15. The summed E-state index contributed by atoms with van der Waals surface area (Å²) in [5, 5.41) is 10.5. The molecular formula is C22H24ClN3O3. The first kappa shape index (κ1) is 21.0. The van der Waals surface area contributed by atoms with Crippen LogP contribution in [0.15, 0.2) is 54.7 Å². The quantitative estimate of drug-likeness (QED) is 0.488. The minimum Gasteiger partial charge on any atom is -0.379 e. The lowest BCUT2D eigenvalue weighted by Gasteiger charge is -2.09. The monoisotopic (exact) mass is 413 g/mol. The number of ether oxygens (including phenoxy) is 2. The second-order valence-electron chi connectivity index (χ2n) is 6.42. The highest BCUT2D eigenvalue weighted by atomic mass is 35.5. The van der Waals surface area contributed by atoms with E-state index in [1.807, 2.05) is 43.3 Å². The van der Waals surface area contributed by atoms with Gasteiger partial charge in [0.2, 0.25) is 0 Å². The lowest BCUT2D eigenvalue weighted by atomic mass is 10.1. The summed E-state index contributed by atoms with van der Waals surface area (Å²) in [5.41, 5.74) is 4.06. The maximum atomic E-state index is 12.7. The largest absolute Gasteiger partial charge is 0.379 e. The number of nitrogens with zero attached hydrogens (tertiary/aromatic N) is 1. The summed E-state index contributed by atoms with van der Waals surface area (Å²) >= 11 is 5.94. The Kier molecular flexibility index (Phi) is 7.81. The van der Waals surface area contributed by atoms with Crippen LogP contribution in [0.4, 0.5) is 0 Å². The van der Waals surface area contributed by atoms with E-state index < -0.39 is 0 Å². The number of aromatic amines is 1. The molecule has 1 heterocycles. The number of benzene rings is 2. The van der Waals surface area contributed by atoms with E-state index in [2.05, 4.69) is 15.5 Å². The summed E-state index contributed by atoms with van der Waals surface area (Å²) in [7, 11) is 0. The molecule has 0 saturated heterocycles. The van der Waals surface area contributed by atoms with Gasteiger partial charge in [0.25, 0.3) is 5.91 Å². The predicted octanol–water partition coefficient (Wildman–Crippen LogP) is 4.21. The number of halogens is 1. The molecule has 0 unspecified atom stereocenters. The molecule has 0 bridgehead atoms. The molecule has 0 atom stereocenters. The zero-order valence-electron chi connectivity index (χ0n) is 16.3. The van der Waals surface area contributed by atoms with Crippen LogP contribution < -0.4 is 5.32 Å². The minimum absolute atomic E-state index is 0.193. The van der Waals surface area contributed by atoms with Crippen molar-refractivity contribution in [2.45, 2.75) is 20.1 Å². The van der Waals surface area contributed by atoms with Gasteiger partial charge in [0.1, 0.15) is 0 Å². The molecule has 1 aromatic heterocycles. The highest BCUT2D eigenvalue weighted by Crippen LogP contribution is 2.23. The third-order valence-electron chi connectivity index (χ3n) is 4.31. The van der Waals surface area contributed by atoms with Gasteiger partial charge in [-0.05, 0) is 30.2 Å². The Morgan fingerprint density at radius 1 is 1.10 bits per heavy atom. The minimum atomic E-state index is -0.193. The summed E-state index contributed by atoms with van der Waals surface area (Å²) in [6, 6.07) is 15.2. The van der Waals surface area contributed by atoms with Crippen LogP contribution >= 0.6 is 11.6 Å². The molecule has 2 N–H and O–H groups in total. The van der Waals surface area contributed by atoms with Gasteiger partial charge in [-0.2, -0.15) is 5.10 Å². The molecule has 152 valence electrons. The number of hydrogen-bond acceptors (Lipinski definition) is 4. The van der Waals surface area contributed by atoms with Gasteiger partial charge in [0, 0.05) is 23.7 Å². The molecule has 3 rings (SSSR count). The fraction of sp³-hybridized carbons (Fsp3) is 0.273. The van der Waals surface area contributed by atoms with Crippen molar-refractivity contribution < 1.29 is 14.3 Å². The first-order valence-corrected chi connectivity index (χ1v) is 9.86. The van der Waals surface area contributed by atoms with Crippen LogP contribution in [-0.2, 0) is 22.6 Å². The van der Waals surface area contributed by atoms with E-state index in [4.69, 9.17) is 21.1 Å². The molecule has 0 saturated carbocycles. The Morgan fingerprint density at radius 3 is 2.66 bits per heavy atom. The third-order valence-corrected chi connectivity index (χ3v) is 4.56. The van der Waals surface area contributed by atoms with Crippen LogP contribution in [-0.4, -0.2) is 35.9 Å². The number of rotatable bonds is 10. The average Bonchev–Trinajstić information content (AvgIpc) is 3.23. The summed E-state index contributed by atoms with van der Waals surface area (Å²) in [6.45, 7) is 4.72. The molecular weight excluding hydrogens is 390 g/mol. The van der Waals surface area contributed by atoms with Crippen molar-refractivity contribution >= 4 is 17.5 Å². The standard InChI is InChI=1S/C22H24ClN3O3/c1-2-28-10-11-29-15-17-5-3-4-16(12-17)13-24-22(27)20-14-25-26-21(20)18-6-8-19(23)9-7-18/h3-9,12,14H,2,10-11,13,15H2,1H3,(H,24,27)(H,25,26). The van der Waals surface area contributed by atoms with Crippen molar-refractivity contribution in [3.05, 3.63) is 76.4 Å². The van der Waals surface area contributed by atoms with Crippen LogP contribution in [0.25, 0.3) is 11.3 Å². The van der Waals surface area contributed by atoms with Gasteiger partial charge in [0.05, 0.1) is 37.3 Å². The van der Waals surface area contributed by atoms with E-state index in [0.29, 0.717) is 49.3 Å². The molecule has 3 aromatic rings. The first-order valence-electron chi connectivity index (χ1n) is 9.48. The molecule has 7 heteroatoms. The molecule has 0 spiro atoms. The van der Waals surface area contributed by atoms with Crippen molar-refractivity contribution in [2.75, 3.05) is 19.8 Å². The number of carbonyl (C=O) groups excluding carboxylic acids is 1. The molecule has 6 nitrogen and oxygen atoms in total. The smallest absolute Gasteiger partial charge is 0.255 e. The zero-order chi connectivity index (χ0) is 20.5. The maximum Gasteiger partial charge on any atom is 0.255 e. The van der Waals surface area contributed by atoms with Crippen molar-refractivity contribution in [2.24, 2.45) is 0 Å². The van der Waals surface area contributed by atoms with Crippen LogP contribution in [0.1, 0.15) is 28.4 Å². The number of hydrogen-bond donors (Lipinski definition) is 2. The third kappa shape index (κ3) is 6.15. The average molecular weight is 414 g/mol. The summed E-state index contributed by atoms with van der Waals surface area (Å²) < 4.78 is 10.9. The second kappa shape index (κ2) is 10.8. The fourth-order valence-electron chi connectivity index (χ4n) is 2.85. The molecule has 0 aliphatic heterocycles. The second-order valence-corrected chi connectivity index (χ2v) is 6.85. The molecule has 0 radical (unpaired) electrons. The molecule has 0 aliphatic rings. The fourth-order valence-corrected chi connectivity index (χ4v) is 2.98. The van der Waals surface area contributed by atoms with E-state index in [1.165, 1.54) is 6.20 Å². The molecule has 29 heavy (non-hydrogen) atoms. The van der Waals surface area contributed by atoms with Crippen LogP contribution in [0.2, 0.25) is 5.02 Å². The molecule has 0 aliphatic carbocycles. The van der Waals surface area contributed by atoms with Gasteiger partial charge in [-0.3, -0.25) is 9.89 Å². The van der Waals surface area contributed by atoms with Crippen molar-refractivity contribution in [1.82, 2.24) is 15.5 Å². The van der Waals surface area contributed by atoms with Gasteiger partial charge < -0.3 is 14.8 Å².